The van der Waals surface area contributed by atoms with Gasteiger partial charge in [-0.15, -0.1) is 0 Å². The van der Waals surface area contributed by atoms with Crippen molar-refractivity contribution >= 4 is 42.3 Å². The monoisotopic (exact) mass is 463 g/mol. The number of nitrogens with two attached hydrogens (primary N) is 3. The van der Waals surface area contributed by atoms with Crippen LogP contribution in [-0.4, -0.2) is 82.9 Å². The topological polar surface area (TPSA) is 235 Å². The minimum Gasteiger partial charge on any atom is -0.480 e. The molecule has 0 unspecified atom stereocenters. The molecule has 0 heterocycles. The quantitative estimate of drug-likeness (QED) is 0.0536. The highest BCUT2D eigenvalue weighted by molar-refractivity contribution is 7.80. The summed E-state index contributed by atoms with van der Waals surface area (Å²) in [4.78, 5) is 52.1. The average molecular weight is 464 g/mol. The summed E-state index contributed by atoms with van der Waals surface area (Å²) in [5.41, 5.74) is 16.3. The zero-order valence-electron chi connectivity index (χ0n) is 17.6. The third kappa shape index (κ3) is 10.8. The van der Waals surface area contributed by atoms with Crippen LogP contribution in [0, 0.1) is 5.92 Å². The maximum absolute atomic E-state index is 12.7. The molecule has 0 spiro atoms. The molecule has 0 aliphatic carbocycles. The lowest BCUT2D eigenvalue weighted by molar-refractivity contribution is -0.143. The molecule has 14 heteroatoms. The number of aliphatic imine (C=N–C) groups is 1. The van der Waals surface area contributed by atoms with Gasteiger partial charge in [0.15, 0.2) is 5.96 Å². The molecule has 11 N–H and O–H groups in total. The van der Waals surface area contributed by atoms with Crippen LogP contribution in [0.2, 0.25) is 0 Å². The van der Waals surface area contributed by atoms with Gasteiger partial charge >= 0.3 is 5.97 Å². The molecule has 0 saturated heterocycles. The normalized spacial score (nSPS) is 14.6. The summed E-state index contributed by atoms with van der Waals surface area (Å²) in [6.07, 6.45) is 0.491. The first-order valence-electron chi connectivity index (χ1n) is 9.61. The number of hydrogen-bond donors (Lipinski definition) is 9. The number of amides is 3. The molecule has 31 heavy (non-hydrogen) atoms. The molecule has 0 aliphatic heterocycles. The first-order valence-corrected chi connectivity index (χ1v) is 10.2. The van der Waals surface area contributed by atoms with Crippen molar-refractivity contribution in [2.24, 2.45) is 28.1 Å². The predicted molar refractivity (Wildman–Crippen MR) is 117 cm³/mol. The van der Waals surface area contributed by atoms with E-state index in [9.17, 15) is 19.2 Å². The van der Waals surface area contributed by atoms with Crippen LogP contribution in [0.4, 0.5) is 0 Å². The zero-order chi connectivity index (χ0) is 24.1. The van der Waals surface area contributed by atoms with Crippen molar-refractivity contribution in [3.05, 3.63) is 0 Å². The fourth-order valence-corrected chi connectivity index (χ4v) is 2.52. The number of aliphatic hydroxyl groups excluding tert-OH is 1. The van der Waals surface area contributed by atoms with Gasteiger partial charge in [-0.1, -0.05) is 13.8 Å². The average Bonchev–Trinajstić information content (AvgIpc) is 2.70. The summed E-state index contributed by atoms with van der Waals surface area (Å²) in [5.74, 6) is -3.98. The highest BCUT2D eigenvalue weighted by Gasteiger charge is 2.29. The van der Waals surface area contributed by atoms with Crippen molar-refractivity contribution in [2.45, 2.75) is 50.9 Å². The maximum atomic E-state index is 12.7. The Morgan fingerprint density at radius 2 is 1.48 bits per heavy atom. The summed E-state index contributed by atoms with van der Waals surface area (Å²) in [6, 6.07) is -4.64. The fourth-order valence-electron chi connectivity index (χ4n) is 2.27. The molecular formula is C17H33N7O6S. The number of guanidine groups is 1. The lowest BCUT2D eigenvalue weighted by Gasteiger charge is -2.25. The van der Waals surface area contributed by atoms with Crippen LogP contribution in [0.3, 0.4) is 0 Å². The van der Waals surface area contributed by atoms with Gasteiger partial charge in [-0.3, -0.25) is 19.4 Å². The second kappa shape index (κ2) is 14.4. The molecule has 0 rings (SSSR count). The smallest absolute Gasteiger partial charge is 0.328 e. The number of carbonyl (C=O) groups excluding carboxylic acids is 3. The highest BCUT2D eigenvalue weighted by Crippen LogP contribution is 2.04. The Labute approximate surface area is 186 Å². The Morgan fingerprint density at radius 1 is 0.968 bits per heavy atom. The van der Waals surface area contributed by atoms with E-state index in [0.717, 1.165) is 0 Å². The molecule has 0 saturated carbocycles. The van der Waals surface area contributed by atoms with Crippen molar-refractivity contribution in [3.63, 3.8) is 0 Å². The van der Waals surface area contributed by atoms with E-state index < -0.39 is 54.5 Å². The van der Waals surface area contributed by atoms with E-state index >= 15 is 0 Å². The van der Waals surface area contributed by atoms with E-state index in [2.05, 4.69) is 33.6 Å². The largest absolute Gasteiger partial charge is 0.480 e. The maximum Gasteiger partial charge on any atom is 0.328 e. The minimum absolute atomic E-state index is 0.115. The third-order valence-electron chi connectivity index (χ3n) is 4.21. The molecule has 0 aromatic carbocycles. The van der Waals surface area contributed by atoms with Crippen LogP contribution in [0.5, 0.6) is 0 Å². The Morgan fingerprint density at radius 3 is 1.94 bits per heavy atom. The number of thiol groups is 1. The molecule has 0 fully saturated rings. The van der Waals surface area contributed by atoms with E-state index in [-0.39, 0.29) is 30.6 Å². The van der Waals surface area contributed by atoms with E-state index in [1.54, 1.807) is 13.8 Å². The van der Waals surface area contributed by atoms with Gasteiger partial charge in [-0.05, 0) is 18.8 Å². The van der Waals surface area contributed by atoms with Crippen LogP contribution >= 0.6 is 12.6 Å². The number of carboxylic acid groups (broad SMARTS) is 1. The van der Waals surface area contributed by atoms with E-state index in [1.807, 2.05) is 0 Å². The highest BCUT2D eigenvalue weighted by atomic mass is 32.1. The summed E-state index contributed by atoms with van der Waals surface area (Å²) >= 11 is 4.00. The number of hydrogen-bond acceptors (Lipinski definition) is 8. The summed E-state index contributed by atoms with van der Waals surface area (Å²) in [6.45, 7) is 2.88. The van der Waals surface area contributed by atoms with Gasteiger partial charge in [0.25, 0.3) is 0 Å². The van der Waals surface area contributed by atoms with Gasteiger partial charge in [0, 0.05) is 12.3 Å². The van der Waals surface area contributed by atoms with E-state index in [0.29, 0.717) is 6.42 Å². The summed E-state index contributed by atoms with van der Waals surface area (Å²) < 4.78 is 0. The molecule has 0 radical (unpaired) electrons. The van der Waals surface area contributed by atoms with Gasteiger partial charge in [-0.25, -0.2) is 4.79 Å². The van der Waals surface area contributed by atoms with Crippen molar-refractivity contribution in [2.75, 3.05) is 18.9 Å². The standard InChI is InChI=1S/C17H33N7O6S/c1-8(2)12(18)15(28)22-9(4-3-5-21-17(19)20)13(26)24-11(7-31)14(27)23-10(6-25)16(29)30/h8-12,25,31H,3-7,18H2,1-2H3,(H,22,28)(H,23,27)(H,24,26)(H,29,30)(H4,19,20,21)/t9-,10-,11-,12-/m0/s1. The van der Waals surface area contributed by atoms with Crippen LogP contribution in [0.25, 0.3) is 0 Å². The molecule has 0 bridgehead atoms. The number of nitrogens with zero attached hydrogens (tertiary/aromatic N) is 1. The molecule has 13 nitrogen and oxygen atoms in total. The molecule has 178 valence electrons. The summed E-state index contributed by atoms with van der Waals surface area (Å²) in [7, 11) is 0. The predicted octanol–water partition coefficient (Wildman–Crippen LogP) is -3.52. The van der Waals surface area contributed by atoms with Crippen LogP contribution in [0.1, 0.15) is 26.7 Å². The van der Waals surface area contributed by atoms with Crippen LogP contribution < -0.4 is 33.2 Å². The number of carbonyl (C=O) groups is 4. The second-order valence-electron chi connectivity index (χ2n) is 7.11. The molecule has 0 aromatic heterocycles. The number of nitrogens with one attached hydrogen (secondary N) is 3. The van der Waals surface area contributed by atoms with Gasteiger partial charge in [0.2, 0.25) is 17.7 Å². The number of aliphatic carboxylic acids is 1. The summed E-state index contributed by atoms with van der Waals surface area (Å²) in [5, 5.41) is 25.0. The second-order valence-corrected chi connectivity index (χ2v) is 7.47. The minimum atomic E-state index is -1.54. The number of aliphatic hydroxyl groups is 1. The third-order valence-corrected chi connectivity index (χ3v) is 4.58. The van der Waals surface area contributed by atoms with Gasteiger partial charge in [-0.2, -0.15) is 12.6 Å². The zero-order valence-corrected chi connectivity index (χ0v) is 18.5. The van der Waals surface area contributed by atoms with E-state index in [1.165, 1.54) is 0 Å². The van der Waals surface area contributed by atoms with E-state index in [4.69, 9.17) is 27.4 Å². The Bertz CT molecular complexity index is 657. The van der Waals surface area contributed by atoms with Gasteiger partial charge in [0.05, 0.1) is 12.6 Å². The molecule has 3 amide bonds. The molecule has 4 atom stereocenters. The lowest BCUT2D eigenvalue weighted by atomic mass is 10.0. The van der Waals surface area contributed by atoms with Gasteiger partial charge < -0.3 is 43.4 Å². The van der Waals surface area contributed by atoms with Gasteiger partial charge in [0.1, 0.15) is 18.1 Å². The lowest BCUT2D eigenvalue weighted by Crippen LogP contribution is -2.58. The number of carboxylic acids is 1. The first kappa shape index (κ1) is 28.4. The van der Waals surface area contributed by atoms with Crippen molar-refractivity contribution in [1.82, 2.24) is 16.0 Å². The SMILES string of the molecule is CC(C)[C@H](N)C(=O)N[C@@H](CCCN=C(N)N)C(=O)N[C@@H](CS)C(=O)N[C@@H](CO)C(=O)O. The molecule has 0 aromatic rings. The molecule has 0 aliphatic rings. The fraction of sp³-hybridized carbons (Fsp3) is 0.706. The Hall–Kier alpha value is -2.58. The first-order chi connectivity index (χ1) is 14.4. The van der Waals surface area contributed by atoms with Crippen molar-refractivity contribution in [1.29, 1.82) is 0 Å². The van der Waals surface area contributed by atoms with Crippen molar-refractivity contribution in [3.8, 4) is 0 Å². The Kier molecular flexibility index (Phi) is 13.2. The van der Waals surface area contributed by atoms with Crippen LogP contribution in [0.15, 0.2) is 4.99 Å². The number of rotatable bonds is 14. The van der Waals surface area contributed by atoms with Crippen molar-refractivity contribution < 1.29 is 29.4 Å². The van der Waals surface area contributed by atoms with Crippen LogP contribution in [-0.2, 0) is 19.2 Å². The Balaban J connectivity index is 5.27. The molecular weight excluding hydrogens is 430 g/mol.